The molecular formula is C18H24. The van der Waals surface area contributed by atoms with Gasteiger partial charge in [-0.1, -0.05) is 49.0 Å². The van der Waals surface area contributed by atoms with E-state index in [1.807, 2.05) is 0 Å². The van der Waals surface area contributed by atoms with Crippen LogP contribution in [0, 0.1) is 5.92 Å². The Morgan fingerprint density at radius 1 is 1.28 bits per heavy atom. The van der Waals surface area contributed by atoms with Crippen LogP contribution in [0.2, 0.25) is 0 Å². The normalized spacial score (nSPS) is 24.5. The lowest BCUT2D eigenvalue weighted by Crippen LogP contribution is -2.01. The summed E-state index contributed by atoms with van der Waals surface area (Å²) in [5.74, 6) is 0.561. The molecule has 18 heavy (non-hydrogen) atoms. The first-order chi connectivity index (χ1) is 8.58. The Morgan fingerprint density at radius 3 is 2.78 bits per heavy atom. The summed E-state index contributed by atoms with van der Waals surface area (Å²) in [6.45, 7) is 10.8. The average molecular weight is 240 g/mol. The second-order valence-corrected chi connectivity index (χ2v) is 5.66. The van der Waals surface area contributed by atoms with Gasteiger partial charge in [-0.05, 0) is 62.2 Å². The number of hydrogen-bond donors (Lipinski definition) is 0. The first-order valence-corrected chi connectivity index (χ1v) is 7.02. The summed E-state index contributed by atoms with van der Waals surface area (Å²) in [7, 11) is 0. The van der Waals surface area contributed by atoms with Crippen molar-refractivity contribution in [3.8, 4) is 0 Å². The average Bonchev–Trinajstić information content (AvgIpc) is 2.54. The van der Waals surface area contributed by atoms with Crippen LogP contribution in [0.15, 0.2) is 58.7 Å². The van der Waals surface area contributed by atoms with Crippen molar-refractivity contribution in [1.82, 2.24) is 0 Å². The van der Waals surface area contributed by atoms with Crippen molar-refractivity contribution in [1.29, 1.82) is 0 Å². The zero-order chi connectivity index (χ0) is 13.1. The molecule has 1 unspecified atom stereocenters. The van der Waals surface area contributed by atoms with E-state index in [0.717, 1.165) is 6.42 Å². The van der Waals surface area contributed by atoms with Gasteiger partial charge in [0.15, 0.2) is 0 Å². The molecule has 2 aliphatic carbocycles. The van der Waals surface area contributed by atoms with Crippen LogP contribution in [0.1, 0.15) is 46.5 Å². The molecule has 2 rings (SSSR count). The van der Waals surface area contributed by atoms with Gasteiger partial charge >= 0.3 is 0 Å². The molecule has 0 N–H and O–H groups in total. The number of hydrogen-bond acceptors (Lipinski definition) is 0. The molecular weight excluding hydrogens is 216 g/mol. The monoisotopic (exact) mass is 240 g/mol. The Labute approximate surface area is 111 Å². The summed E-state index contributed by atoms with van der Waals surface area (Å²) in [4.78, 5) is 0. The first-order valence-electron chi connectivity index (χ1n) is 7.02. The molecule has 1 atom stereocenters. The summed E-state index contributed by atoms with van der Waals surface area (Å²) in [5, 5.41) is 0. The molecule has 0 spiro atoms. The van der Waals surface area contributed by atoms with Crippen molar-refractivity contribution in [3.05, 3.63) is 58.7 Å². The minimum absolute atomic E-state index is 0.561. The van der Waals surface area contributed by atoms with Crippen LogP contribution in [0.25, 0.3) is 0 Å². The summed E-state index contributed by atoms with van der Waals surface area (Å²) >= 11 is 0. The van der Waals surface area contributed by atoms with Gasteiger partial charge in [0.05, 0.1) is 0 Å². The van der Waals surface area contributed by atoms with Gasteiger partial charge in [0, 0.05) is 0 Å². The van der Waals surface area contributed by atoms with Crippen LogP contribution >= 0.6 is 0 Å². The maximum atomic E-state index is 4.09. The van der Waals surface area contributed by atoms with Crippen LogP contribution < -0.4 is 0 Å². The molecule has 0 nitrogen and oxygen atoms in total. The predicted molar refractivity (Wildman–Crippen MR) is 80.5 cm³/mol. The van der Waals surface area contributed by atoms with Crippen molar-refractivity contribution in [2.75, 3.05) is 0 Å². The molecule has 0 saturated heterocycles. The van der Waals surface area contributed by atoms with Crippen LogP contribution in [0.4, 0.5) is 0 Å². The number of allylic oxidation sites excluding steroid dienone is 9. The van der Waals surface area contributed by atoms with E-state index in [1.165, 1.54) is 41.6 Å². The van der Waals surface area contributed by atoms with E-state index in [0.29, 0.717) is 5.92 Å². The van der Waals surface area contributed by atoms with E-state index in [1.54, 1.807) is 5.57 Å². The molecule has 2 aliphatic rings. The van der Waals surface area contributed by atoms with Crippen molar-refractivity contribution in [2.24, 2.45) is 5.92 Å². The Morgan fingerprint density at radius 2 is 2.06 bits per heavy atom. The van der Waals surface area contributed by atoms with Gasteiger partial charge in [0.1, 0.15) is 0 Å². The summed E-state index contributed by atoms with van der Waals surface area (Å²) in [6, 6.07) is 0. The SMILES string of the molecule is C=C(C)C1=CC(C2=CC(C)C=CCC2)=C(C)CC1. The second kappa shape index (κ2) is 5.56. The standard InChI is InChI=1S/C18H24/c1-13(2)16-10-9-15(4)18(12-16)17-8-6-5-7-14(3)11-17/h5,7,11-12,14H,1,6,8-10H2,2-4H3. The zero-order valence-electron chi connectivity index (χ0n) is 11.9. The van der Waals surface area contributed by atoms with Gasteiger partial charge in [-0.15, -0.1) is 0 Å². The molecule has 0 radical (unpaired) electrons. The minimum Gasteiger partial charge on any atom is -0.0958 e. The zero-order valence-corrected chi connectivity index (χ0v) is 11.9. The lowest BCUT2D eigenvalue weighted by atomic mass is 9.85. The predicted octanol–water partition coefficient (Wildman–Crippen LogP) is 5.51. The largest absolute Gasteiger partial charge is 0.0958 e. The van der Waals surface area contributed by atoms with Crippen molar-refractivity contribution in [2.45, 2.75) is 46.5 Å². The Hall–Kier alpha value is -1.30. The quantitative estimate of drug-likeness (QED) is 0.558. The Balaban J connectivity index is 2.34. The van der Waals surface area contributed by atoms with E-state index in [2.05, 4.69) is 51.7 Å². The molecule has 0 aromatic rings. The van der Waals surface area contributed by atoms with Crippen LogP contribution in [-0.4, -0.2) is 0 Å². The van der Waals surface area contributed by atoms with Crippen LogP contribution in [0.3, 0.4) is 0 Å². The van der Waals surface area contributed by atoms with Crippen LogP contribution in [0.5, 0.6) is 0 Å². The van der Waals surface area contributed by atoms with E-state index in [-0.39, 0.29) is 0 Å². The fraction of sp³-hybridized carbons (Fsp3) is 0.444. The van der Waals surface area contributed by atoms with Gasteiger partial charge in [0.25, 0.3) is 0 Å². The fourth-order valence-electron chi connectivity index (χ4n) is 2.76. The highest BCUT2D eigenvalue weighted by molar-refractivity contribution is 5.51. The van der Waals surface area contributed by atoms with Gasteiger partial charge in [0.2, 0.25) is 0 Å². The van der Waals surface area contributed by atoms with Crippen molar-refractivity contribution < 1.29 is 0 Å². The smallest absolute Gasteiger partial charge is 0.00758 e. The van der Waals surface area contributed by atoms with Crippen molar-refractivity contribution >= 4 is 0 Å². The Kier molecular flexibility index (Phi) is 4.06. The van der Waals surface area contributed by atoms with E-state index in [4.69, 9.17) is 0 Å². The van der Waals surface area contributed by atoms with Gasteiger partial charge in [-0.2, -0.15) is 0 Å². The highest BCUT2D eigenvalue weighted by Gasteiger charge is 2.15. The Bertz CT molecular complexity index is 466. The topological polar surface area (TPSA) is 0 Å². The second-order valence-electron chi connectivity index (χ2n) is 5.66. The molecule has 0 aromatic carbocycles. The molecule has 0 fully saturated rings. The minimum atomic E-state index is 0.561. The lowest BCUT2D eigenvalue weighted by molar-refractivity contribution is 0.875. The highest BCUT2D eigenvalue weighted by atomic mass is 14.2. The summed E-state index contributed by atoms with van der Waals surface area (Å²) in [6.07, 6.45) is 14.1. The van der Waals surface area contributed by atoms with E-state index in [9.17, 15) is 0 Å². The summed E-state index contributed by atoms with van der Waals surface area (Å²) in [5.41, 5.74) is 7.21. The third-order valence-corrected chi connectivity index (χ3v) is 3.93. The fourth-order valence-corrected chi connectivity index (χ4v) is 2.76. The maximum absolute atomic E-state index is 4.09. The summed E-state index contributed by atoms with van der Waals surface area (Å²) < 4.78 is 0. The molecule has 0 aromatic heterocycles. The van der Waals surface area contributed by atoms with Gasteiger partial charge in [-0.25, -0.2) is 0 Å². The highest BCUT2D eigenvalue weighted by Crippen LogP contribution is 2.34. The maximum Gasteiger partial charge on any atom is -0.00758 e. The van der Waals surface area contributed by atoms with Crippen LogP contribution in [-0.2, 0) is 0 Å². The molecule has 0 heterocycles. The third kappa shape index (κ3) is 2.93. The number of rotatable bonds is 2. The first kappa shape index (κ1) is 13.1. The van der Waals surface area contributed by atoms with E-state index >= 15 is 0 Å². The lowest BCUT2D eigenvalue weighted by Gasteiger charge is -2.20. The molecule has 0 heteroatoms. The molecule has 0 bridgehead atoms. The van der Waals surface area contributed by atoms with Crippen molar-refractivity contribution in [3.63, 3.8) is 0 Å². The molecule has 96 valence electrons. The molecule has 0 saturated carbocycles. The van der Waals surface area contributed by atoms with E-state index < -0.39 is 0 Å². The molecule has 0 amide bonds. The van der Waals surface area contributed by atoms with Gasteiger partial charge in [-0.3, -0.25) is 0 Å². The third-order valence-electron chi connectivity index (χ3n) is 3.93. The molecule has 0 aliphatic heterocycles. The van der Waals surface area contributed by atoms with Gasteiger partial charge < -0.3 is 0 Å².